The number of benzene rings is 2. The molecule has 2 aromatic carbocycles. The van der Waals surface area contributed by atoms with Crippen molar-refractivity contribution in [3.8, 4) is 0 Å². The van der Waals surface area contributed by atoms with Crippen LogP contribution in [0.2, 0.25) is 0 Å². The number of anilines is 1. The highest BCUT2D eigenvalue weighted by atomic mass is 32.1. The van der Waals surface area contributed by atoms with Gasteiger partial charge in [-0.25, -0.2) is 8.78 Å². The Morgan fingerprint density at radius 2 is 1.74 bits per heavy atom. The van der Waals surface area contributed by atoms with Crippen LogP contribution in [-0.2, 0) is 0 Å². The molecule has 0 aliphatic heterocycles. The molecule has 0 aromatic heterocycles. The van der Waals surface area contributed by atoms with Crippen molar-refractivity contribution in [1.82, 2.24) is 5.32 Å². The van der Waals surface area contributed by atoms with Gasteiger partial charge in [0.1, 0.15) is 0 Å². The Bertz CT molecular complexity index is 701. The van der Waals surface area contributed by atoms with E-state index in [1.54, 1.807) is 0 Å². The number of aryl methyl sites for hydroxylation is 1. The monoisotopic (exact) mass is 334 g/mol. The van der Waals surface area contributed by atoms with Crippen LogP contribution in [0.5, 0.6) is 0 Å². The Hall–Kier alpha value is -2.01. The van der Waals surface area contributed by atoms with E-state index in [1.807, 2.05) is 12.1 Å². The number of thiocarbonyl (C=S) groups is 1. The van der Waals surface area contributed by atoms with Gasteiger partial charge >= 0.3 is 0 Å². The second kappa shape index (κ2) is 7.51. The zero-order valence-electron chi connectivity index (χ0n) is 13.4. The molecule has 23 heavy (non-hydrogen) atoms. The van der Waals surface area contributed by atoms with Crippen LogP contribution < -0.4 is 10.6 Å². The minimum atomic E-state index is -0.905. The first kappa shape index (κ1) is 17.3. The highest BCUT2D eigenvalue weighted by Gasteiger charge is 2.18. The molecule has 2 N–H and O–H groups in total. The number of hydrogen-bond acceptors (Lipinski definition) is 1. The zero-order chi connectivity index (χ0) is 17.0. The largest absolute Gasteiger partial charge is 0.355 e. The summed E-state index contributed by atoms with van der Waals surface area (Å²) in [5, 5.41) is 6.53. The summed E-state index contributed by atoms with van der Waals surface area (Å²) in [6, 6.07) is 11.7. The van der Waals surface area contributed by atoms with Crippen LogP contribution in [0, 0.1) is 24.5 Å². The second-order valence-corrected chi connectivity index (χ2v) is 6.21. The van der Waals surface area contributed by atoms with Gasteiger partial charge in [-0.3, -0.25) is 0 Å². The number of nitrogens with one attached hydrogen (secondary N) is 2. The summed E-state index contributed by atoms with van der Waals surface area (Å²) in [4.78, 5) is 0. The van der Waals surface area contributed by atoms with E-state index in [4.69, 9.17) is 12.2 Å². The van der Waals surface area contributed by atoms with Gasteiger partial charge in [0.15, 0.2) is 16.7 Å². The maximum absolute atomic E-state index is 13.3. The van der Waals surface area contributed by atoms with Gasteiger partial charge in [0.25, 0.3) is 0 Å². The molecule has 0 saturated carbocycles. The van der Waals surface area contributed by atoms with E-state index in [0.717, 1.165) is 17.7 Å². The SMILES string of the molecule is Cc1ccccc1[C@@H](NC(=S)Nc1ccc(F)c(F)c1)C(C)C. The van der Waals surface area contributed by atoms with E-state index in [9.17, 15) is 8.78 Å². The molecule has 0 saturated heterocycles. The van der Waals surface area contributed by atoms with Crippen molar-refractivity contribution in [1.29, 1.82) is 0 Å². The van der Waals surface area contributed by atoms with Gasteiger partial charge < -0.3 is 10.6 Å². The third kappa shape index (κ3) is 4.48. The summed E-state index contributed by atoms with van der Waals surface area (Å²) in [6.07, 6.45) is 0. The molecule has 0 aliphatic carbocycles. The normalized spacial score (nSPS) is 12.1. The van der Waals surface area contributed by atoms with Crippen molar-refractivity contribution in [3.63, 3.8) is 0 Å². The van der Waals surface area contributed by atoms with E-state index in [2.05, 4.69) is 43.5 Å². The van der Waals surface area contributed by atoms with Crippen LogP contribution in [0.25, 0.3) is 0 Å². The highest BCUT2D eigenvalue weighted by molar-refractivity contribution is 7.80. The molecule has 122 valence electrons. The molecular weight excluding hydrogens is 314 g/mol. The molecule has 2 aromatic rings. The Kier molecular flexibility index (Phi) is 5.66. The molecule has 1 atom stereocenters. The van der Waals surface area contributed by atoms with Crippen molar-refractivity contribution in [2.45, 2.75) is 26.8 Å². The van der Waals surface area contributed by atoms with E-state index in [0.29, 0.717) is 16.7 Å². The van der Waals surface area contributed by atoms with Crippen LogP contribution in [0.1, 0.15) is 31.0 Å². The fourth-order valence-electron chi connectivity index (χ4n) is 2.42. The molecule has 0 spiro atoms. The first-order chi connectivity index (χ1) is 10.9. The minimum Gasteiger partial charge on any atom is -0.355 e. The van der Waals surface area contributed by atoms with E-state index >= 15 is 0 Å². The molecule has 0 aliphatic rings. The van der Waals surface area contributed by atoms with Crippen molar-refractivity contribution < 1.29 is 8.78 Å². The Morgan fingerprint density at radius 3 is 2.35 bits per heavy atom. The van der Waals surface area contributed by atoms with Crippen LogP contribution in [-0.4, -0.2) is 5.11 Å². The van der Waals surface area contributed by atoms with Gasteiger partial charge in [0.05, 0.1) is 6.04 Å². The fraction of sp³-hybridized carbons (Fsp3) is 0.278. The van der Waals surface area contributed by atoms with Crippen molar-refractivity contribution in [3.05, 3.63) is 65.2 Å². The molecule has 2 nitrogen and oxygen atoms in total. The van der Waals surface area contributed by atoms with Gasteiger partial charge in [-0.05, 0) is 48.3 Å². The summed E-state index contributed by atoms with van der Waals surface area (Å²) in [5.41, 5.74) is 2.75. The number of hydrogen-bond donors (Lipinski definition) is 2. The Labute approximate surface area is 140 Å². The molecule has 0 unspecified atom stereocenters. The first-order valence-electron chi connectivity index (χ1n) is 7.46. The summed E-state index contributed by atoms with van der Waals surface area (Å²) >= 11 is 5.31. The quantitative estimate of drug-likeness (QED) is 0.773. The first-order valence-corrected chi connectivity index (χ1v) is 7.87. The van der Waals surface area contributed by atoms with Crippen molar-refractivity contribution in [2.75, 3.05) is 5.32 Å². The van der Waals surface area contributed by atoms with E-state index in [1.165, 1.54) is 11.6 Å². The lowest BCUT2D eigenvalue weighted by molar-refractivity contribution is 0.471. The Morgan fingerprint density at radius 1 is 1.04 bits per heavy atom. The smallest absolute Gasteiger partial charge is 0.171 e. The lowest BCUT2D eigenvalue weighted by Gasteiger charge is -2.26. The number of rotatable bonds is 4. The average Bonchev–Trinajstić information content (AvgIpc) is 2.49. The summed E-state index contributed by atoms with van der Waals surface area (Å²) in [5.74, 6) is -1.48. The summed E-state index contributed by atoms with van der Waals surface area (Å²) in [6.45, 7) is 6.26. The Balaban J connectivity index is 2.12. The molecule has 0 radical (unpaired) electrons. The minimum absolute atomic E-state index is 0.0292. The van der Waals surface area contributed by atoms with Crippen LogP contribution in [0.4, 0.5) is 14.5 Å². The molecule has 0 amide bonds. The standard InChI is InChI=1S/C18H20F2N2S/c1-11(2)17(14-7-5-4-6-12(14)3)22-18(23)21-13-8-9-15(19)16(20)10-13/h4-11,17H,1-3H3,(H2,21,22,23)/t17-/m0/s1. The lowest BCUT2D eigenvalue weighted by atomic mass is 9.93. The third-order valence-corrected chi connectivity index (χ3v) is 3.87. The zero-order valence-corrected chi connectivity index (χ0v) is 14.2. The van der Waals surface area contributed by atoms with Gasteiger partial charge in [-0.1, -0.05) is 38.1 Å². The summed E-state index contributed by atoms with van der Waals surface area (Å²) in [7, 11) is 0. The van der Waals surface area contributed by atoms with Gasteiger partial charge in [0, 0.05) is 11.8 Å². The van der Waals surface area contributed by atoms with Crippen LogP contribution in [0.15, 0.2) is 42.5 Å². The molecule has 2 rings (SSSR count). The van der Waals surface area contributed by atoms with E-state index in [-0.39, 0.29) is 6.04 Å². The van der Waals surface area contributed by atoms with Gasteiger partial charge in [-0.2, -0.15) is 0 Å². The van der Waals surface area contributed by atoms with Gasteiger partial charge in [0.2, 0.25) is 0 Å². The fourth-order valence-corrected chi connectivity index (χ4v) is 2.67. The maximum atomic E-state index is 13.3. The highest BCUT2D eigenvalue weighted by Crippen LogP contribution is 2.24. The predicted molar refractivity (Wildman–Crippen MR) is 94.5 cm³/mol. The van der Waals surface area contributed by atoms with Gasteiger partial charge in [-0.15, -0.1) is 0 Å². The topological polar surface area (TPSA) is 24.1 Å². The van der Waals surface area contributed by atoms with Crippen LogP contribution >= 0.6 is 12.2 Å². The molecule has 5 heteroatoms. The van der Waals surface area contributed by atoms with Crippen molar-refractivity contribution >= 4 is 23.0 Å². The average molecular weight is 334 g/mol. The molecule has 0 bridgehead atoms. The second-order valence-electron chi connectivity index (χ2n) is 5.81. The summed E-state index contributed by atoms with van der Waals surface area (Å²) < 4.78 is 26.2. The molecular formula is C18H20F2N2S. The lowest BCUT2D eigenvalue weighted by Crippen LogP contribution is -2.35. The van der Waals surface area contributed by atoms with Crippen LogP contribution in [0.3, 0.4) is 0 Å². The van der Waals surface area contributed by atoms with Crippen molar-refractivity contribution in [2.24, 2.45) is 5.92 Å². The number of halogens is 2. The molecule has 0 fully saturated rings. The maximum Gasteiger partial charge on any atom is 0.171 e. The predicted octanol–water partition coefficient (Wildman–Crippen LogP) is 4.96. The van der Waals surface area contributed by atoms with E-state index < -0.39 is 11.6 Å². The molecule has 0 heterocycles. The third-order valence-electron chi connectivity index (χ3n) is 3.65.